The molecule has 0 radical (unpaired) electrons. The molecule has 2 aromatic rings. The number of carbonyl (C=O) groups is 1. The van der Waals surface area contributed by atoms with Gasteiger partial charge in [-0.15, -0.1) is 11.3 Å². The molecule has 0 bridgehead atoms. The number of nitrogens with one attached hydrogen (secondary N) is 1. The van der Waals surface area contributed by atoms with E-state index in [1.54, 1.807) is 4.57 Å². The van der Waals surface area contributed by atoms with Gasteiger partial charge in [0.25, 0.3) is 5.56 Å². The van der Waals surface area contributed by atoms with Crippen LogP contribution < -0.4 is 15.8 Å². The Balaban J connectivity index is 1.56. The lowest BCUT2D eigenvalue weighted by molar-refractivity contribution is -0.121. The zero-order valence-corrected chi connectivity index (χ0v) is 15.2. The highest BCUT2D eigenvalue weighted by atomic mass is 32.1. The first-order valence-corrected chi connectivity index (χ1v) is 10.1. The van der Waals surface area contributed by atoms with Crippen molar-refractivity contribution in [2.45, 2.75) is 45.1 Å². The minimum atomic E-state index is -0.0180. The number of amides is 1. The third-order valence-electron chi connectivity index (χ3n) is 5.03. The van der Waals surface area contributed by atoms with Crippen molar-refractivity contribution >= 4 is 33.4 Å². The predicted octanol–water partition coefficient (Wildman–Crippen LogP) is 2.36. The first-order valence-electron chi connectivity index (χ1n) is 9.22. The standard InChI is InChI=1S/C18H24N4O2S/c23-15(19-12-13-4-5-13)6-10-22-17(24)16-14(7-11-25-16)20-18(22)21-8-2-1-3-9-21/h7,11,13H,1-6,8-10,12H2,(H,19,23). The van der Waals surface area contributed by atoms with Gasteiger partial charge in [0.1, 0.15) is 4.70 Å². The minimum Gasteiger partial charge on any atom is -0.356 e. The summed E-state index contributed by atoms with van der Waals surface area (Å²) < 4.78 is 2.39. The summed E-state index contributed by atoms with van der Waals surface area (Å²) in [5, 5.41) is 4.89. The molecule has 1 N–H and O–H groups in total. The van der Waals surface area contributed by atoms with Crippen LogP contribution in [-0.4, -0.2) is 35.1 Å². The van der Waals surface area contributed by atoms with E-state index >= 15 is 0 Å². The van der Waals surface area contributed by atoms with Gasteiger partial charge in [0.05, 0.1) is 5.52 Å². The van der Waals surface area contributed by atoms with Crippen LogP contribution in [0.5, 0.6) is 0 Å². The van der Waals surface area contributed by atoms with E-state index in [-0.39, 0.29) is 11.5 Å². The lowest BCUT2D eigenvalue weighted by Crippen LogP contribution is -2.37. The van der Waals surface area contributed by atoms with Crippen molar-refractivity contribution in [2.75, 3.05) is 24.5 Å². The molecule has 25 heavy (non-hydrogen) atoms. The van der Waals surface area contributed by atoms with Crippen molar-refractivity contribution in [3.05, 3.63) is 21.8 Å². The van der Waals surface area contributed by atoms with E-state index in [9.17, 15) is 9.59 Å². The van der Waals surface area contributed by atoms with E-state index in [1.165, 1.54) is 30.6 Å². The Morgan fingerprint density at radius 1 is 1.28 bits per heavy atom. The number of hydrogen-bond donors (Lipinski definition) is 1. The average molecular weight is 360 g/mol. The molecule has 2 fully saturated rings. The monoisotopic (exact) mass is 360 g/mol. The van der Waals surface area contributed by atoms with Gasteiger partial charge in [0.15, 0.2) is 0 Å². The first kappa shape index (κ1) is 16.6. The molecule has 7 heteroatoms. The normalized spacial score (nSPS) is 17.8. The number of anilines is 1. The van der Waals surface area contributed by atoms with Crippen molar-refractivity contribution in [1.29, 1.82) is 0 Å². The zero-order valence-electron chi connectivity index (χ0n) is 14.4. The second kappa shape index (κ2) is 7.15. The lowest BCUT2D eigenvalue weighted by atomic mass is 10.1. The molecule has 1 aliphatic carbocycles. The maximum absolute atomic E-state index is 12.9. The summed E-state index contributed by atoms with van der Waals surface area (Å²) in [6.45, 7) is 3.02. The SMILES string of the molecule is O=C(CCn1c(N2CCCCC2)nc2ccsc2c1=O)NCC1CC1. The Hall–Kier alpha value is -1.89. The van der Waals surface area contributed by atoms with Gasteiger partial charge in [0.2, 0.25) is 11.9 Å². The third-order valence-corrected chi connectivity index (χ3v) is 5.92. The van der Waals surface area contributed by atoms with E-state index in [1.807, 2.05) is 11.4 Å². The summed E-state index contributed by atoms with van der Waals surface area (Å²) in [5.41, 5.74) is 0.751. The molecular formula is C18H24N4O2S. The van der Waals surface area contributed by atoms with E-state index in [0.717, 1.165) is 43.9 Å². The van der Waals surface area contributed by atoms with Crippen LogP contribution in [0, 0.1) is 5.92 Å². The fraction of sp³-hybridized carbons (Fsp3) is 0.611. The summed E-state index contributed by atoms with van der Waals surface area (Å²) in [4.78, 5) is 32.0. The van der Waals surface area contributed by atoms with Crippen molar-refractivity contribution in [3.8, 4) is 0 Å². The summed E-state index contributed by atoms with van der Waals surface area (Å²) in [7, 11) is 0. The minimum absolute atomic E-state index is 0.0180. The molecule has 1 amide bonds. The van der Waals surface area contributed by atoms with Crippen LogP contribution in [0.15, 0.2) is 16.2 Å². The van der Waals surface area contributed by atoms with Crippen molar-refractivity contribution < 1.29 is 4.79 Å². The molecule has 2 aromatic heterocycles. The molecule has 6 nitrogen and oxygen atoms in total. The fourth-order valence-electron chi connectivity index (χ4n) is 3.35. The summed E-state index contributed by atoms with van der Waals surface area (Å²) in [5.74, 6) is 1.42. The number of rotatable bonds is 6. The third kappa shape index (κ3) is 3.71. The van der Waals surface area contributed by atoms with Gasteiger partial charge in [0, 0.05) is 32.6 Å². The zero-order chi connectivity index (χ0) is 17.2. The van der Waals surface area contributed by atoms with Gasteiger partial charge in [-0.25, -0.2) is 4.98 Å². The van der Waals surface area contributed by atoms with Gasteiger partial charge in [-0.1, -0.05) is 0 Å². The molecule has 1 saturated carbocycles. The highest BCUT2D eigenvalue weighted by molar-refractivity contribution is 7.17. The Bertz CT molecular complexity index is 818. The molecule has 1 saturated heterocycles. The Morgan fingerprint density at radius 3 is 2.84 bits per heavy atom. The maximum atomic E-state index is 12.9. The summed E-state index contributed by atoms with van der Waals surface area (Å²) in [6.07, 6.45) is 6.24. The number of nitrogens with zero attached hydrogens (tertiary/aromatic N) is 3. The number of hydrogen-bond acceptors (Lipinski definition) is 5. The molecule has 0 atom stereocenters. The Labute approximate surface area is 150 Å². The summed E-state index contributed by atoms with van der Waals surface area (Å²) in [6, 6.07) is 1.90. The van der Waals surface area contributed by atoms with Gasteiger partial charge in [-0.05, 0) is 49.5 Å². The van der Waals surface area contributed by atoms with E-state index in [2.05, 4.69) is 10.2 Å². The second-order valence-electron chi connectivity index (χ2n) is 7.05. The van der Waals surface area contributed by atoms with E-state index in [4.69, 9.17) is 4.98 Å². The number of aromatic nitrogens is 2. The van der Waals surface area contributed by atoms with Crippen LogP contribution in [0.4, 0.5) is 5.95 Å². The van der Waals surface area contributed by atoms with Crippen molar-refractivity contribution in [2.24, 2.45) is 5.92 Å². The fourth-order valence-corrected chi connectivity index (χ4v) is 4.13. The van der Waals surface area contributed by atoms with Crippen molar-refractivity contribution in [3.63, 3.8) is 0 Å². The topological polar surface area (TPSA) is 67.2 Å². The number of fused-ring (bicyclic) bond motifs is 1. The molecule has 4 rings (SSSR count). The van der Waals surface area contributed by atoms with Crippen LogP contribution in [0.1, 0.15) is 38.5 Å². The van der Waals surface area contributed by atoms with Crippen LogP contribution in [0.3, 0.4) is 0 Å². The van der Waals surface area contributed by atoms with Gasteiger partial charge in [-0.2, -0.15) is 0 Å². The first-order chi connectivity index (χ1) is 12.2. The molecule has 0 aromatic carbocycles. The van der Waals surface area contributed by atoms with Gasteiger partial charge < -0.3 is 10.2 Å². The van der Waals surface area contributed by atoms with E-state index in [0.29, 0.717) is 23.6 Å². The molecule has 3 heterocycles. The van der Waals surface area contributed by atoms with E-state index < -0.39 is 0 Å². The molecule has 134 valence electrons. The highest BCUT2D eigenvalue weighted by Crippen LogP contribution is 2.27. The molecule has 0 spiro atoms. The second-order valence-corrected chi connectivity index (χ2v) is 7.96. The van der Waals surface area contributed by atoms with Crippen LogP contribution in [0.25, 0.3) is 10.2 Å². The molecule has 2 aliphatic rings. The quantitative estimate of drug-likeness (QED) is 0.859. The molecular weight excluding hydrogens is 336 g/mol. The van der Waals surface area contributed by atoms with Crippen LogP contribution in [0.2, 0.25) is 0 Å². The predicted molar refractivity (Wildman–Crippen MR) is 100 cm³/mol. The smallest absolute Gasteiger partial charge is 0.272 e. The number of piperidine rings is 1. The molecule has 0 unspecified atom stereocenters. The van der Waals surface area contributed by atoms with Gasteiger partial charge >= 0.3 is 0 Å². The Kier molecular flexibility index (Phi) is 4.74. The van der Waals surface area contributed by atoms with Gasteiger partial charge in [-0.3, -0.25) is 14.2 Å². The number of thiophene rings is 1. The molecule has 1 aliphatic heterocycles. The maximum Gasteiger partial charge on any atom is 0.272 e. The Morgan fingerprint density at radius 2 is 2.08 bits per heavy atom. The van der Waals surface area contributed by atoms with Crippen LogP contribution in [-0.2, 0) is 11.3 Å². The summed E-state index contributed by atoms with van der Waals surface area (Å²) >= 11 is 1.43. The largest absolute Gasteiger partial charge is 0.356 e. The van der Waals surface area contributed by atoms with Crippen LogP contribution >= 0.6 is 11.3 Å². The highest BCUT2D eigenvalue weighted by Gasteiger charge is 2.22. The average Bonchev–Trinajstić information content (AvgIpc) is 3.35. The number of carbonyl (C=O) groups excluding carboxylic acids is 1. The van der Waals surface area contributed by atoms with Crippen molar-refractivity contribution in [1.82, 2.24) is 14.9 Å². The lowest BCUT2D eigenvalue weighted by Gasteiger charge is -2.29.